The van der Waals surface area contributed by atoms with Crippen LogP contribution in [0.3, 0.4) is 0 Å². The van der Waals surface area contributed by atoms with Gasteiger partial charge >= 0.3 is 5.51 Å². The molecule has 0 aliphatic rings. The molecule has 0 amide bonds. The monoisotopic (exact) mass is 277 g/mol. The fourth-order valence-corrected chi connectivity index (χ4v) is 2.65. The van der Waals surface area contributed by atoms with Crippen LogP contribution in [0.25, 0.3) is 0 Å². The van der Waals surface area contributed by atoms with Crippen LogP contribution in [0.5, 0.6) is 0 Å². The Balaban J connectivity index is 2.80. The number of halogens is 3. The molecule has 0 radical (unpaired) electrons. The number of nitrogens with two attached hydrogens (primary N) is 1. The number of benzene rings is 1. The van der Waals surface area contributed by atoms with Gasteiger partial charge in [0.15, 0.2) is 0 Å². The number of alkyl halides is 3. The molecule has 1 unspecified atom stereocenters. The standard InChI is InChI=1S/C13H18F3NS/c1-9(3-4-17)5-11-6-10(2)7-12(8-11)18-13(14,15)16/h6-9H,3-5,17H2,1-2H3. The topological polar surface area (TPSA) is 26.0 Å². The lowest BCUT2D eigenvalue weighted by Gasteiger charge is -2.13. The second-order valence-corrected chi connectivity index (χ2v) is 5.73. The van der Waals surface area contributed by atoms with E-state index < -0.39 is 5.51 Å². The third-order valence-corrected chi connectivity index (χ3v) is 3.29. The van der Waals surface area contributed by atoms with E-state index in [4.69, 9.17) is 5.73 Å². The van der Waals surface area contributed by atoms with E-state index in [9.17, 15) is 13.2 Å². The van der Waals surface area contributed by atoms with Crippen molar-refractivity contribution >= 4 is 11.8 Å². The minimum Gasteiger partial charge on any atom is -0.330 e. The molecule has 18 heavy (non-hydrogen) atoms. The van der Waals surface area contributed by atoms with E-state index in [1.807, 2.05) is 13.0 Å². The first-order valence-electron chi connectivity index (χ1n) is 5.86. The second-order valence-electron chi connectivity index (χ2n) is 4.59. The van der Waals surface area contributed by atoms with E-state index >= 15 is 0 Å². The van der Waals surface area contributed by atoms with Crippen LogP contribution in [0.1, 0.15) is 24.5 Å². The zero-order chi connectivity index (χ0) is 13.8. The van der Waals surface area contributed by atoms with Crippen molar-refractivity contribution in [2.45, 2.75) is 37.1 Å². The molecule has 0 spiro atoms. The van der Waals surface area contributed by atoms with E-state index in [1.54, 1.807) is 12.1 Å². The van der Waals surface area contributed by atoms with Crippen LogP contribution < -0.4 is 5.73 Å². The van der Waals surface area contributed by atoms with Gasteiger partial charge in [0.2, 0.25) is 0 Å². The van der Waals surface area contributed by atoms with Crippen molar-refractivity contribution in [3.8, 4) is 0 Å². The molecule has 0 aliphatic carbocycles. The predicted molar refractivity (Wildman–Crippen MR) is 69.6 cm³/mol. The molecular weight excluding hydrogens is 259 g/mol. The maximum Gasteiger partial charge on any atom is 0.446 e. The lowest BCUT2D eigenvalue weighted by molar-refractivity contribution is -0.0328. The van der Waals surface area contributed by atoms with Crippen molar-refractivity contribution in [1.82, 2.24) is 0 Å². The Morgan fingerprint density at radius 2 is 1.94 bits per heavy atom. The minimum absolute atomic E-state index is 0.0552. The number of thioether (sulfide) groups is 1. The fraction of sp³-hybridized carbons (Fsp3) is 0.538. The summed E-state index contributed by atoms with van der Waals surface area (Å²) in [5.74, 6) is 0.389. The Morgan fingerprint density at radius 3 is 2.50 bits per heavy atom. The fourth-order valence-electron chi connectivity index (χ4n) is 1.92. The van der Waals surface area contributed by atoms with Gasteiger partial charge in [0.1, 0.15) is 0 Å². The lowest BCUT2D eigenvalue weighted by atomic mass is 9.97. The molecule has 0 aliphatic heterocycles. The largest absolute Gasteiger partial charge is 0.446 e. The Labute approximate surface area is 110 Å². The molecule has 2 N–H and O–H groups in total. The van der Waals surface area contributed by atoms with Gasteiger partial charge in [-0.3, -0.25) is 0 Å². The lowest BCUT2D eigenvalue weighted by Crippen LogP contribution is -2.08. The smallest absolute Gasteiger partial charge is 0.330 e. The highest BCUT2D eigenvalue weighted by Crippen LogP contribution is 2.37. The molecule has 0 saturated carbocycles. The highest BCUT2D eigenvalue weighted by Gasteiger charge is 2.29. The SMILES string of the molecule is Cc1cc(CC(C)CCN)cc(SC(F)(F)F)c1. The van der Waals surface area contributed by atoms with Crippen LogP contribution in [0.4, 0.5) is 13.2 Å². The molecule has 0 saturated heterocycles. The summed E-state index contributed by atoms with van der Waals surface area (Å²) in [6, 6.07) is 5.13. The van der Waals surface area contributed by atoms with Crippen LogP contribution in [0.2, 0.25) is 0 Å². The minimum atomic E-state index is -4.23. The van der Waals surface area contributed by atoms with Crippen LogP contribution in [-0.4, -0.2) is 12.1 Å². The van der Waals surface area contributed by atoms with Crippen LogP contribution in [0, 0.1) is 12.8 Å². The summed E-state index contributed by atoms with van der Waals surface area (Å²) in [5.41, 5.74) is 3.05. The maximum absolute atomic E-state index is 12.3. The summed E-state index contributed by atoms with van der Waals surface area (Å²) in [7, 11) is 0. The summed E-state index contributed by atoms with van der Waals surface area (Å²) in [6.07, 6.45) is 1.65. The van der Waals surface area contributed by atoms with Gasteiger partial charge in [0.25, 0.3) is 0 Å². The van der Waals surface area contributed by atoms with E-state index in [0.29, 0.717) is 12.5 Å². The quantitative estimate of drug-likeness (QED) is 0.819. The van der Waals surface area contributed by atoms with E-state index in [2.05, 4.69) is 6.92 Å². The van der Waals surface area contributed by atoms with Crippen molar-refractivity contribution < 1.29 is 13.2 Å². The molecule has 1 rings (SSSR count). The summed E-state index contributed by atoms with van der Waals surface area (Å²) in [4.78, 5) is 0.262. The second kappa shape index (κ2) is 6.48. The van der Waals surface area contributed by atoms with Crippen LogP contribution in [-0.2, 0) is 6.42 Å². The molecule has 102 valence electrons. The number of hydrogen-bond donors (Lipinski definition) is 1. The molecule has 1 aromatic carbocycles. The molecule has 0 fully saturated rings. The van der Waals surface area contributed by atoms with Gasteiger partial charge in [-0.1, -0.05) is 13.0 Å². The first-order valence-corrected chi connectivity index (χ1v) is 6.68. The van der Waals surface area contributed by atoms with Gasteiger partial charge in [-0.15, -0.1) is 0 Å². The molecule has 0 heterocycles. The number of rotatable bonds is 5. The molecule has 1 nitrogen and oxygen atoms in total. The molecule has 1 aromatic rings. The highest BCUT2D eigenvalue weighted by molar-refractivity contribution is 8.00. The Hall–Kier alpha value is -0.680. The van der Waals surface area contributed by atoms with E-state index in [1.165, 1.54) is 0 Å². The summed E-state index contributed by atoms with van der Waals surface area (Å²) in [5, 5.41) is 0. The van der Waals surface area contributed by atoms with Crippen molar-refractivity contribution in [3.05, 3.63) is 29.3 Å². The van der Waals surface area contributed by atoms with Gasteiger partial charge in [0, 0.05) is 4.90 Å². The van der Waals surface area contributed by atoms with Crippen molar-refractivity contribution in [2.75, 3.05) is 6.54 Å². The third kappa shape index (κ3) is 5.78. The van der Waals surface area contributed by atoms with Gasteiger partial charge < -0.3 is 5.73 Å². The molecule has 1 atom stereocenters. The van der Waals surface area contributed by atoms with Gasteiger partial charge in [-0.05, 0) is 67.2 Å². The first kappa shape index (κ1) is 15.4. The van der Waals surface area contributed by atoms with Crippen LogP contribution in [0.15, 0.2) is 23.1 Å². The number of aryl methyl sites for hydroxylation is 1. The summed E-state index contributed by atoms with van der Waals surface area (Å²) >= 11 is -0.0552. The summed E-state index contributed by atoms with van der Waals surface area (Å²) in [6.45, 7) is 4.49. The van der Waals surface area contributed by atoms with Gasteiger partial charge in [0.05, 0.1) is 0 Å². The Kier molecular flexibility index (Phi) is 5.53. The molecule has 0 bridgehead atoms. The zero-order valence-electron chi connectivity index (χ0n) is 10.6. The zero-order valence-corrected chi connectivity index (χ0v) is 11.4. The maximum atomic E-state index is 12.3. The van der Waals surface area contributed by atoms with Crippen LogP contribution >= 0.6 is 11.8 Å². The highest BCUT2D eigenvalue weighted by atomic mass is 32.2. The Morgan fingerprint density at radius 1 is 1.28 bits per heavy atom. The Bertz CT molecular complexity index is 390. The normalized spacial score (nSPS) is 13.7. The van der Waals surface area contributed by atoms with Crippen molar-refractivity contribution in [3.63, 3.8) is 0 Å². The van der Waals surface area contributed by atoms with Crippen molar-refractivity contribution in [2.24, 2.45) is 11.7 Å². The first-order chi connectivity index (χ1) is 8.30. The van der Waals surface area contributed by atoms with Gasteiger partial charge in [-0.25, -0.2) is 0 Å². The summed E-state index contributed by atoms with van der Waals surface area (Å²) < 4.78 is 37.0. The average molecular weight is 277 g/mol. The molecule has 5 heteroatoms. The third-order valence-electron chi connectivity index (χ3n) is 2.59. The molecule has 0 aromatic heterocycles. The number of hydrogen-bond acceptors (Lipinski definition) is 2. The predicted octanol–water partition coefficient (Wildman–Crippen LogP) is 4.13. The van der Waals surface area contributed by atoms with E-state index in [-0.39, 0.29) is 16.7 Å². The molecular formula is C13H18F3NS. The average Bonchev–Trinajstić information content (AvgIpc) is 2.13. The van der Waals surface area contributed by atoms with E-state index in [0.717, 1.165) is 24.0 Å². The van der Waals surface area contributed by atoms with Crippen molar-refractivity contribution in [1.29, 1.82) is 0 Å². The van der Waals surface area contributed by atoms with Gasteiger partial charge in [-0.2, -0.15) is 13.2 Å².